The summed E-state index contributed by atoms with van der Waals surface area (Å²) in [6.45, 7) is 1.62. The standard InChI is InChI=1S/C10H9N3O3/c1-6-9(10(15)16)11-12-13(6)7-2-4-8(14)5-3-7/h2-5,14H,1H3,(H,15,16). The maximum atomic E-state index is 10.8. The third-order valence-electron chi connectivity index (χ3n) is 2.19. The lowest BCUT2D eigenvalue weighted by Crippen LogP contribution is -2.02. The van der Waals surface area contributed by atoms with Crippen LogP contribution >= 0.6 is 0 Å². The number of carboxylic acid groups (broad SMARTS) is 1. The van der Waals surface area contributed by atoms with E-state index in [1.165, 1.54) is 16.8 Å². The Balaban J connectivity index is 2.49. The molecule has 0 aliphatic heterocycles. The maximum absolute atomic E-state index is 10.8. The summed E-state index contributed by atoms with van der Waals surface area (Å²) in [5.41, 5.74) is 1.02. The fraction of sp³-hybridized carbons (Fsp3) is 0.100. The van der Waals surface area contributed by atoms with Crippen LogP contribution in [0.3, 0.4) is 0 Å². The molecule has 0 aliphatic rings. The minimum atomic E-state index is -1.11. The van der Waals surface area contributed by atoms with Gasteiger partial charge in [0.15, 0.2) is 5.69 Å². The first-order valence-corrected chi connectivity index (χ1v) is 4.54. The molecule has 2 aromatic rings. The normalized spacial score (nSPS) is 10.3. The van der Waals surface area contributed by atoms with Crippen molar-refractivity contribution in [2.24, 2.45) is 0 Å². The molecule has 1 heterocycles. The molecule has 0 aliphatic carbocycles. The van der Waals surface area contributed by atoms with E-state index in [1.807, 2.05) is 0 Å². The monoisotopic (exact) mass is 219 g/mol. The number of aromatic hydroxyl groups is 1. The van der Waals surface area contributed by atoms with Crippen molar-refractivity contribution >= 4 is 5.97 Å². The van der Waals surface area contributed by atoms with Gasteiger partial charge in [-0.1, -0.05) is 5.21 Å². The minimum Gasteiger partial charge on any atom is -0.508 e. The summed E-state index contributed by atoms with van der Waals surface area (Å²) in [4.78, 5) is 10.8. The second-order valence-electron chi connectivity index (χ2n) is 3.26. The summed E-state index contributed by atoms with van der Waals surface area (Å²) in [5.74, 6) is -0.970. The van der Waals surface area contributed by atoms with Crippen LogP contribution in [0.15, 0.2) is 24.3 Å². The fourth-order valence-corrected chi connectivity index (χ4v) is 1.37. The summed E-state index contributed by atoms with van der Waals surface area (Å²) in [6.07, 6.45) is 0. The van der Waals surface area contributed by atoms with E-state index in [2.05, 4.69) is 10.3 Å². The number of carboxylic acids is 1. The Bertz CT molecular complexity index is 531. The van der Waals surface area contributed by atoms with Crippen molar-refractivity contribution in [2.45, 2.75) is 6.92 Å². The Labute approximate surface area is 90.8 Å². The number of rotatable bonds is 2. The van der Waals surface area contributed by atoms with Crippen LogP contribution in [-0.4, -0.2) is 31.2 Å². The van der Waals surface area contributed by atoms with E-state index < -0.39 is 5.97 Å². The molecule has 1 aromatic carbocycles. The van der Waals surface area contributed by atoms with Gasteiger partial charge < -0.3 is 10.2 Å². The Hall–Kier alpha value is -2.37. The zero-order chi connectivity index (χ0) is 11.7. The van der Waals surface area contributed by atoms with E-state index in [1.54, 1.807) is 19.1 Å². The van der Waals surface area contributed by atoms with Crippen LogP contribution in [0.2, 0.25) is 0 Å². The second-order valence-corrected chi connectivity index (χ2v) is 3.26. The molecule has 2 N–H and O–H groups in total. The van der Waals surface area contributed by atoms with E-state index in [4.69, 9.17) is 10.2 Å². The molecule has 0 unspecified atom stereocenters. The van der Waals surface area contributed by atoms with Gasteiger partial charge in [0.05, 0.1) is 11.4 Å². The van der Waals surface area contributed by atoms with Gasteiger partial charge >= 0.3 is 5.97 Å². The van der Waals surface area contributed by atoms with Gasteiger partial charge in [0.1, 0.15) is 5.75 Å². The summed E-state index contributed by atoms with van der Waals surface area (Å²) >= 11 is 0. The van der Waals surface area contributed by atoms with Crippen molar-refractivity contribution in [3.63, 3.8) is 0 Å². The molecule has 2 rings (SSSR count). The van der Waals surface area contributed by atoms with Gasteiger partial charge in [0.25, 0.3) is 0 Å². The van der Waals surface area contributed by atoms with E-state index in [9.17, 15) is 4.79 Å². The summed E-state index contributed by atoms with van der Waals surface area (Å²) in [7, 11) is 0. The SMILES string of the molecule is Cc1c(C(=O)O)nnn1-c1ccc(O)cc1. The Morgan fingerprint density at radius 3 is 2.44 bits per heavy atom. The zero-order valence-corrected chi connectivity index (χ0v) is 8.45. The molecular weight excluding hydrogens is 210 g/mol. The average Bonchev–Trinajstić information content (AvgIpc) is 2.61. The topological polar surface area (TPSA) is 88.2 Å². The number of phenolic OH excluding ortho intramolecular Hbond substituents is 1. The van der Waals surface area contributed by atoms with E-state index in [0.717, 1.165) is 0 Å². The number of phenols is 1. The number of aromatic carboxylic acids is 1. The quantitative estimate of drug-likeness (QED) is 0.785. The Kier molecular flexibility index (Phi) is 2.32. The number of carbonyl (C=O) groups is 1. The van der Waals surface area contributed by atoms with Crippen molar-refractivity contribution in [3.8, 4) is 11.4 Å². The lowest BCUT2D eigenvalue weighted by molar-refractivity contribution is 0.0689. The van der Waals surface area contributed by atoms with Crippen molar-refractivity contribution in [1.29, 1.82) is 0 Å². The molecule has 0 atom stereocenters. The van der Waals surface area contributed by atoms with Crippen LogP contribution in [0, 0.1) is 6.92 Å². The van der Waals surface area contributed by atoms with Gasteiger partial charge in [0, 0.05) is 0 Å². The second kappa shape index (κ2) is 3.65. The molecular formula is C10H9N3O3. The van der Waals surface area contributed by atoms with Crippen LogP contribution in [0.1, 0.15) is 16.2 Å². The molecule has 0 fully saturated rings. The molecule has 6 heteroatoms. The number of hydrogen-bond donors (Lipinski definition) is 2. The third-order valence-corrected chi connectivity index (χ3v) is 2.19. The van der Waals surface area contributed by atoms with Gasteiger partial charge in [-0.05, 0) is 31.2 Å². The van der Waals surface area contributed by atoms with Gasteiger partial charge in [-0.3, -0.25) is 0 Å². The van der Waals surface area contributed by atoms with Crippen molar-refractivity contribution < 1.29 is 15.0 Å². The predicted molar refractivity (Wildman–Crippen MR) is 54.7 cm³/mol. The summed E-state index contributed by atoms with van der Waals surface area (Å²) < 4.78 is 1.41. The molecule has 1 aromatic heterocycles. The molecule has 16 heavy (non-hydrogen) atoms. The highest BCUT2D eigenvalue weighted by Crippen LogP contribution is 2.15. The number of nitrogens with zero attached hydrogens (tertiary/aromatic N) is 3. The Morgan fingerprint density at radius 1 is 1.31 bits per heavy atom. The van der Waals surface area contributed by atoms with Crippen molar-refractivity contribution in [3.05, 3.63) is 35.7 Å². The number of hydrogen-bond acceptors (Lipinski definition) is 4. The van der Waals surface area contributed by atoms with Gasteiger partial charge in [-0.15, -0.1) is 5.10 Å². The highest BCUT2D eigenvalue weighted by Gasteiger charge is 2.15. The summed E-state index contributed by atoms with van der Waals surface area (Å²) in [5, 5.41) is 25.2. The lowest BCUT2D eigenvalue weighted by atomic mass is 10.3. The van der Waals surface area contributed by atoms with Crippen LogP contribution in [0.5, 0.6) is 5.75 Å². The molecule has 0 bridgehead atoms. The van der Waals surface area contributed by atoms with E-state index in [0.29, 0.717) is 11.4 Å². The molecule has 82 valence electrons. The summed E-state index contributed by atoms with van der Waals surface area (Å²) in [6, 6.07) is 6.25. The Morgan fingerprint density at radius 2 is 1.94 bits per heavy atom. The first-order chi connectivity index (χ1) is 7.59. The fourth-order valence-electron chi connectivity index (χ4n) is 1.37. The van der Waals surface area contributed by atoms with Crippen molar-refractivity contribution in [1.82, 2.24) is 15.0 Å². The highest BCUT2D eigenvalue weighted by molar-refractivity contribution is 5.86. The number of benzene rings is 1. The van der Waals surface area contributed by atoms with E-state index in [-0.39, 0.29) is 11.4 Å². The highest BCUT2D eigenvalue weighted by atomic mass is 16.4. The van der Waals surface area contributed by atoms with Crippen LogP contribution in [-0.2, 0) is 0 Å². The molecule has 0 radical (unpaired) electrons. The molecule has 0 saturated carbocycles. The van der Waals surface area contributed by atoms with Gasteiger partial charge in [-0.2, -0.15) is 0 Å². The lowest BCUT2D eigenvalue weighted by Gasteiger charge is -2.02. The smallest absolute Gasteiger partial charge is 0.358 e. The minimum absolute atomic E-state index is 0.0759. The average molecular weight is 219 g/mol. The maximum Gasteiger partial charge on any atom is 0.358 e. The predicted octanol–water partition coefficient (Wildman–Crippen LogP) is 0.980. The molecule has 0 amide bonds. The molecule has 0 saturated heterocycles. The first kappa shape index (κ1) is 10.2. The van der Waals surface area contributed by atoms with Gasteiger partial charge in [-0.25, -0.2) is 9.48 Å². The zero-order valence-electron chi connectivity index (χ0n) is 8.45. The number of aromatic nitrogens is 3. The third kappa shape index (κ3) is 1.60. The van der Waals surface area contributed by atoms with E-state index >= 15 is 0 Å². The van der Waals surface area contributed by atoms with Crippen LogP contribution in [0.4, 0.5) is 0 Å². The van der Waals surface area contributed by atoms with Gasteiger partial charge in [0.2, 0.25) is 0 Å². The largest absolute Gasteiger partial charge is 0.508 e. The van der Waals surface area contributed by atoms with Crippen LogP contribution < -0.4 is 0 Å². The first-order valence-electron chi connectivity index (χ1n) is 4.54. The van der Waals surface area contributed by atoms with Crippen LogP contribution in [0.25, 0.3) is 5.69 Å². The molecule has 0 spiro atoms. The molecule has 6 nitrogen and oxygen atoms in total. The van der Waals surface area contributed by atoms with Crippen molar-refractivity contribution in [2.75, 3.05) is 0 Å².